The largest absolute Gasteiger partial charge is 0.490 e. The number of nitrogens with one attached hydrogen (secondary N) is 3. The van der Waals surface area contributed by atoms with E-state index in [0.717, 1.165) is 5.56 Å². The van der Waals surface area contributed by atoms with Crippen LogP contribution in [0.1, 0.15) is 18.1 Å². The van der Waals surface area contributed by atoms with Crippen molar-refractivity contribution < 1.29 is 23.5 Å². The van der Waals surface area contributed by atoms with Crippen LogP contribution < -0.4 is 25.5 Å². The van der Waals surface area contributed by atoms with Crippen LogP contribution in [0, 0.1) is 12.7 Å². The molecule has 10 heteroatoms. The first kappa shape index (κ1) is 25.5. The minimum atomic E-state index is -0.501. The first-order valence-corrected chi connectivity index (χ1v) is 11.0. The fourth-order valence-corrected chi connectivity index (χ4v) is 3.24. The van der Waals surface area contributed by atoms with E-state index < -0.39 is 17.8 Å². The highest BCUT2D eigenvalue weighted by atomic mass is 35.5. The van der Waals surface area contributed by atoms with Crippen molar-refractivity contribution in [2.75, 3.05) is 23.8 Å². The Kier molecular flexibility index (Phi) is 9.02. The Morgan fingerprint density at radius 3 is 2.51 bits per heavy atom. The summed E-state index contributed by atoms with van der Waals surface area (Å²) in [5, 5.41) is 9.43. The molecule has 0 heterocycles. The molecule has 3 aromatic carbocycles. The molecule has 0 saturated carbocycles. The Bertz CT molecular complexity index is 1220. The van der Waals surface area contributed by atoms with Crippen molar-refractivity contribution >= 4 is 41.1 Å². The zero-order chi connectivity index (χ0) is 25.2. The summed E-state index contributed by atoms with van der Waals surface area (Å²) in [6.45, 7) is 3.65. The SMILES string of the molecule is CCOc1cc(C=NNC(=O)Nc2ccccc2C)cc(Cl)c1OCC(=O)Nc1ccc(F)cc1. The number of hydrogen-bond donors (Lipinski definition) is 3. The number of nitrogens with zero attached hydrogens (tertiary/aromatic N) is 1. The quantitative estimate of drug-likeness (QED) is 0.273. The Morgan fingerprint density at radius 2 is 1.80 bits per heavy atom. The lowest BCUT2D eigenvalue weighted by Gasteiger charge is -2.14. The number of carbonyl (C=O) groups excluding carboxylic acids is 2. The predicted molar refractivity (Wildman–Crippen MR) is 134 cm³/mol. The fraction of sp³-hybridized carbons (Fsp3) is 0.160. The maximum atomic E-state index is 13.0. The molecule has 3 aromatic rings. The lowest BCUT2D eigenvalue weighted by atomic mass is 10.2. The number of para-hydroxylation sites is 1. The number of benzene rings is 3. The number of hydrazone groups is 1. The Morgan fingerprint density at radius 1 is 1.06 bits per heavy atom. The first-order chi connectivity index (χ1) is 16.9. The molecule has 0 aliphatic carbocycles. The predicted octanol–water partition coefficient (Wildman–Crippen LogP) is 5.36. The van der Waals surface area contributed by atoms with Gasteiger partial charge in [0.1, 0.15) is 5.82 Å². The van der Waals surface area contributed by atoms with Gasteiger partial charge in [0.05, 0.1) is 17.8 Å². The molecule has 3 N–H and O–H groups in total. The average molecular weight is 499 g/mol. The third-order valence-corrected chi connectivity index (χ3v) is 4.86. The standard InChI is InChI=1S/C25H24ClFN4O4/c1-3-34-22-13-17(14-28-31-25(33)30-21-7-5-4-6-16(21)2)12-20(26)24(22)35-15-23(32)29-19-10-8-18(27)9-11-19/h4-14H,3,15H2,1-2H3,(H,29,32)(H2,30,31,33). The van der Waals surface area contributed by atoms with Crippen LogP contribution >= 0.6 is 11.6 Å². The van der Waals surface area contributed by atoms with Gasteiger partial charge >= 0.3 is 6.03 Å². The normalized spacial score (nSPS) is 10.6. The van der Waals surface area contributed by atoms with Gasteiger partial charge in [0.2, 0.25) is 0 Å². The highest BCUT2D eigenvalue weighted by Gasteiger charge is 2.14. The first-order valence-electron chi connectivity index (χ1n) is 10.7. The van der Waals surface area contributed by atoms with E-state index in [2.05, 4.69) is 21.2 Å². The van der Waals surface area contributed by atoms with Crippen LogP contribution in [0.2, 0.25) is 5.02 Å². The van der Waals surface area contributed by atoms with Gasteiger partial charge in [0.15, 0.2) is 18.1 Å². The molecule has 0 aliphatic rings. The van der Waals surface area contributed by atoms with E-state index in [0.29, 0.717) is 29.3 Å². The van der Waals surface area contributed by atoms with Crippen molar-refractivity contribution in [1.29, 1.82) is 0 Å². The van der Waals surface area contributed by atoms with Crippen molar-refractivity contribution in [2.45, 2.75) is 13.8 Å². The van der Waals surface area contributed by atoms with E-state index >= 15 is 0 Å². The zero-order valence-corrected chi connectivity index (χ0v) is 19.9. The van der Waals surface area contributed by atoms with Crippen molar-refractivity contribution in [3.8, 4) is 11.5 Å². The maximum absolute atomic E-state index is 13.0. The van der Waals surface area contributed by atoms with Gasteiger partial charge in [-0.15, -0.1) is 0 Å². The minimum Gasteiger partial charge on any atom is -0.490 e. The number of rotatable bonds is 9. The van der Waals surface area contributed by atoms with Crippen molar-refractivity contribution in [2.24, 2.45) is 5.10 Å². The van der Waals surface area contributed by atoms with Gasteiger partial charge in [0, 0.05) is 11.4 Å². The second-order valence-corrected chi connectivity index (χ2v) is 7.65. The summed E-state index contributed by atoms with van der Waals surface area (Å²) >= 11 is 6.36. The van der Waals surface area contributed by atoms with Crippen LogP contribution in [0.25, 0.3) is 0 Å². The molecular formula is C25H24ClFN4O4. The smallest absolute Gasteiger partial charge is 0.339 e. The highest BCUT2D eigenvalue weighted by molar-refractivity contribution is 6.32. The van der Waals surface area contributed by atoms with Gasteiger partial charge in [-0.2, -0.15) is 5.10 Å². The lowest BCUT2D eigenvalue weighted by Crippen LogP contribution is -2.24. The van der Waals surface area contributed by atoms with Crippen molar-refractivity contribution in [3.05, 3.63) is 82.6 Å². The summed E-state index contributed by atoms with van der Waals surface area (Å²) in [5.41, 5.74) is 4.95. The summed E-state index contributed by atoms with van der Waals surface area (Å²) in [5.74, 6) is -0.367. The van der Waals surface area contributed by atoms with Gasteiger partial charge in [0.25, 0.3) is 5.91 Å². The van der Waals surface area contributed by atoms with E-state index in [1.165, 1.54) is 30.5 Å². The second-order valence-electron chi connectivity index (χ2n) is 7.25. The van der Waals surface area contributed by atoms with E-state index in [4.69, 9.17) is 21.1 Å². The number of aryl methyl sites for hydroxylation is 1. The molecule has 35 heavy (non-hydrogen) atoms. The minimum absolute atomic E-state index is 0.185. The zero-order valence-electron chi connectivity index (χ0n) is 19.1. The molecule has 0 atom stereocenters. The average Bonchev–Trinajstić information content (AvgIpc) is 2.82. The molecule has 0 radical (unpaired) electrons. The van der Waals surface area contributed by atoms with Crippen LogP contribution in [0.4, 0.5) is 20.6 Å². The van der Waals surface area contributed by atoms with Crippen LogP contribution in [-0.4, -0.2) is 31.4 Å². The molecule has 0 spiro atoms. The monoisotopic (exact) mass is 498 g/mol. The fourth-order valence-electron chi connectivity index (χ4n) is 2.96. The van der Waals surface area contributed by atoms with E-state index in [1.807, 2.05) is 25.1 Å². The molecular weight excluding hydrogens is 475 g/mol. The molecule has 0 aromatic heterocycles. The highest BCUT2D eigenvalue weighted by Crippen LogP contribution is 2.36. The number of hydrogen-bond acceptors (Lipinski definition) is 5. The van der Waals surface area contributed by atoms with Crippen molar-refractivity contribution in [1.82, 2.24) is 5.43 Å². The molecule has 0 saturated heterocycles. The van der Waals surface area contributed by atoms with Gasteiger partial charge in [-0.3, -0.25) is 4.79 Å². The third kappa shape index (κ3) is 7.72. The summed E-state index contributed by atoms with van der Waals surface area (Å²) in [4.78, 5) is 24.3. The van der Waals surface area contributed by atoms with E-state index in [-0.39, 0.29) is 17.4 Å². The lowest BCUT2D eigenvalue weighted by molar-refractivity contribution is -0.118. The van der Waals surface area contributed by atoms with Gasteiger partial charge < -0.3 is 20.1 Å². The summed E-state index contributed by atoms with van der Waals surface area (Å²) in [6, 6.07) is 15.4. The molecule has 0 aliphatic heterocycles. The number of anilines is 2. The van der Waals surface area contributed by atoms with Crippen LogP contribution in [0.3, 0.4) is 0 Å². The van der Waals surface area contributed by atoms with E-state index in [9.17, 15) is 14.0 Å². The van der Waals surface area contributed by atoms with E-state index in [1.54, 1.807) is 25.1 Å². The third-order valence-electron chi connectivity index (χ3n) is 4.58. The number of ether oxygens (including phenoxy) is 2. The topological polar surface area (TPSA) is 101 Å². The molecule has 0 bridgehead atoms. The van der Waals surface area contributed by atoms with Crippen LogP contribution in [-0.2, 0) is 4.79 Å². The summed E-state index contributed by atoms with van der Waals surface area (Å²) < 4.78 is 24.2. The number of halogens is 2. The number of urea groups is 1. The van der Waals surface area contributed by atoms with Gasteiger partial charge in [-0.05, 0) is 67.4 Å². The summed E-state index contributed by atoms with van der Waals surface area (Å²) in [6.07, 6.45) is 1.40. The molecule has 3 amide bonds. The molecule has 182 valence electrons. The van der Waals surface area contributed by atoms with Crippen molar-refractivity contribution in [3.63, 3.8) is 0 Å². The molecule has 3 rings (SSSR count). The number of amides is 3. The Hall–Kier alpha value is -4.11. The van der Waals surface area contributed by atoms with Gasteiger partial charge in [-0.25, -0.2) is 14.6 Å². The molecule has 0 fully saturated rings. The Balaban J connectivity index is 1.62. The molecule has 0 unspecified atom stereocenters. The number of carbonyl (C=O) groups is 2. The van der Waals surface area contributed by atoms with Gasteiger partial charge in [-0.1, -0.05) is 29.8 Å². The van der Waals surface area contributed by atoms with Crippen LogP contribution in [0.5, 0.6) is 11.5 Å². The molecule has 8 nitrogen and oxygen atoms in total. The second kappa shape index (κ2) is 12.4. The Labute approximate surface area is 207 Å². The summed E-state index contributed by atoms with van der Waals surface area (Å²) in [7, 11) is 0. The maximum Gasteiger partial charge on any atom is 0.339 e. The van der Waals surface area contributed by atoms with Crippen LogP contribution in [0.15, 0.2) is 65.8 Å².